The zero-order valence-electron chi connectivity index (χ0n) is 25.0. The van der Waals surface area contributed by atoms with Gasteiger partial charge in [0.15, 0.2) is 5.82 Å². The average molecular weight is 491 g/mol. The van der Waals surface area contributed by atoms with Gasteiger partial charge in [0.25, 0.3) is 5.91 Å². The van der Waals surface area contributed by atoms with Gasteiger partial charge in [-0.3, -0.25) is 9.52 Å². The molecule has 1 aliphatic heterocycles. The number of carbonyl (C=O) groups is 1. The molecule has 34 heavy (non-hydrogen) atoms. The summed E-state index contributed by atoms with van der Waals surface area (Å²) < 4.78 is 71.6. The van der Waals surface area contributed by atoms with Crippen LogP contribution in [-0.2, 0) is 10.0 Å². The number of anilines is 3. The predicted octanol–water partition coefficient (Wildman–Crippen LogP) is 3.50. The highest BCUT2D eigenvalue weighted by Crippen LogP contribution is 2.28. The number of aromatic amines is 1. The first kappa shape index (κ1) is 17.2. The topological polar surface area (TPSA) is 110 Å². The minimum atomic E-state index is -3.42. The molecule has 0 saturated carbocycles. The maximum atomic E-state index is 13.2. The highest BCUT2D eigenvalue weighted by atomic mass is 32.2. The number of hydrogen-bond acceptors (Lipinski definition) is 6. The maximum absolute atomic E-state index is 13.2. The van der Waals surface area contributed by atoms with E-state index in [1.165, 1.54) is 0 Å². The number of aromatic nitrogens is 2. The van der Waals surface area contributed by atoms with Gasteiger partial charge in [-0.2, -0.15) is 0 Å². The summed E-state index contributed by atoms with van der Waals surface area (Å²) in [5.74, 6) is 0.258. The zero-order chi connectivity index (χ0) is 29.5. The first-order valence-electron chi connectivity index (χ1n) is 13.9. The number of H-pyrrole nitrogens is 1. The highest BCUT2D eigenvalue weighted by molar-refractivity contribution is 7.92. The molecular weight excluding hydrogens is 452 g/mol. The molecule has 3 heterocycles. The smallest absolute Gasteiger partial charge is 0.270 e. The van der Waals surface area contributed by atoms with Gasteiger partial charge in [0.2, 0.25) is 10.0 Å². The van der Waals surface area contributed by atoms with Crippen molar-refractivity contribution < 1.29 is 21.4 Å². The maximum Gasteiger partial charge on any atom is 0.270 e. The van der Waals surface area contributed by atoms with Crippen molar-refractivity contribution in [2.24, 2.45) is 0 Å². The van der Waals surface area contributed by atoms with E-state index in [2.05, 4.69) is 20.0 Å². The zero-order valence-corrected chi connectivity index (χ0v) is 19.8. The fraction of sp³-hybridized carbons (Fsp3) is 0.417. The lowest BCUT2D eigenvalue weighted by Gasteiger charge is -2.37. The molecule has 2 aromatic heterocycles. The number of rotatable bonds is 7. The lowest BCUT2D eigenvalue weighted by molar-refractivity contribution is 0.0708. The van der Waals surface area contributed by atoms with Gasteiger partial charge in [0.05, 0.1) is 11.9 Å². The molecule has 3 aromatic rings. The van der Waals surface area contributed by atoms with Crippen LogP contribution in [-0.4, -0.2) is 67.7 Å². The standard InChI is InChI=1S/C24H32N6O3S/c1-16(2)26-21-6-5-11-25-23(21)29(3)19-9-12-30(13-10-19)24(31)22-15-17-14-18(28-34(4,32)33)7-8-20(17)27-22/h5-8,11,14-16,19,26-28H,9-10,12-13H2,1-4H3/i1D3,2D3. The number of amides is 1. The quantitative estimate of drug-likeness (QED) is 0.468. The van der Waals surface area contributed by atoms with E-state index in [1.54, 1.807) is 47.5 Å². The molecule has 10 heteroatoms. The van der Waals surface area contributed by atoms with Crippen LogP contribution in [0.5, 0.6) is 0 Å². The van der Waals surface area contributed by atoms with Gasteiger partial charge in [0.1, 0.15) is 5.69 Å². The van der Waals surface area contributed by atoms with Crippen molar-refractivity contribution in [1.29, 1.82) is 0 Å². The summed E-state index contributed by atoms with van der Waals surface area (Å²) in [7, 11) is -1.61. The van der Waals surface area contributed by atoms with Crippen molar-refractivity contribution in [1.82, 2.24) is 14.9 Å². The number of sulfonamides is 1. The van der Waals surface area contributed by atoms with Crippen LogP contribution in [0.3, 0.4) is 0 Å². The molecule has 0 bridgehead atoms. The number of carbonyl (C=O) groups excluding carboxylic acids is 1. The van der Waals surface area contributed by atoms with Crippen LogP contribution in [0.15, 0.2) is 42.6 Å². The van der Waals surface area contributed by atoms with Gasteiger partial charge in [-0.1, -0.05) is 0 Å². The molecule has 4 rings (SSSR count). The number of benzene rings is 1. The SMILES string of the molecule is [2H]C([2H])([2H])C(Nc1cccnc1N(C)C1CCN(C(=O)c2cc3cc(NS(C)(=O)=O)ccc3[nH]2)CC1)C([2H])([2H])[2H]. The Bertz CT molecular complexity index is 1470. The van der Waals surface area contributed by atoms with E-state index >= 15 is 0 Å². The summed E-state index contributed by atoms with van der Waals surface area (Å²) in [4.78, 5) is 24.4. The third-order valence-corrected chi connectivity index (χ3v) is 6.48. The highest BCUT2D eigenvalue weighted by Gasteiger charge is 2.28. The summed E-state index contributed by atoms with van der Waals surface area (Å²) in [6.07, 6.45) is 3.86. The Labute approximate surface area is 209 Å². The van der Waals surface area contributed by atoms with Crippen molar-refractivity contribution >= 4 is 44.0 Å². The molecule has 1 saturated heterocycles. The molecule has 0 spiro atoms. The van der Waals surface area contributed by atoms with Crippen LogP contribution >= 0.6 is 0 Å². The molecule has 1 fully saturated rings. The van der Waals surface area contributed by atoms with E-state index in [4.69, 9.17) is 8.22 Å². The Kier molecular flexibility index (Phi) is 4.83. The minimum absolute atomic E-state index is 0.0224. The van der Waals surface area contributed by atoms with Crippen molar-refractivity contribution in [3.05, 3.63) is 48.3 Å². The number of hydrogen-bond donors (Lipinski definition) is 3. The van der Waals surface area contributed by atoms with E-state index in [0.717, 1.165) is 6.26 Å². The van der Waals surface area contributed by atoms with E-state index < -0.39 is 29.8 Å². The van der Waals surface area contributed by atoms with Gasteiger partial charge in [-0.05, 0) is 62.9 Å². The molecule has 182 valence electrons. The number of fused-ring (bicyclic) bond motifs is 1. The van der Waals surface area contributed by atoms with Crippen LogP contribution in [0.1, 0.15) is 45.3 Å². The summed E-state index contributed by atoms with van der Waals surface area (Å²) in [5, 5.41) is 3.39. The van der Waals surface area contributed by atoms with Crippen molar-refractivity contribution in [2.45, 2.75) is 38.6 Å². The lowest BCUT2D eigenvalue weighted by atomic mass is 10.0. The van der Waals surface area contributed by atoms with Gasteiger partial charge in [0, 0.05) is 63.2 Å². The second-order valence-electron chi connectivity index (χ2n) is 8.45. The molecule has 3 N–H and O–H groups in total. The van der Waals surface area contributed by atoms with Crippen molar-refractivity contribution in [2.75, 3.05) is 41.3 Å². The van der Waals surface area contributed by atoms with E-state index in [0.29, 0.717) is 59.7 Å². The van der Waals surface area contributed by atoms with E-state index in [-0.39, 0.29) is 11.9 Å². The minimum Gasteiger partial charge on any atom is -0.380 e. The molecule has 1 amide bonds. The molecule has 9 nitrogen and oxygen atoms in total. The van der Waals surface area contributed by atoms with Gasteiger partial charge < -0.3 is 20.1 Å². The number of likely N-dealkylation sites (tertiary alicyclic amines) is 1. The fourth-order valence-electron chi connectivity index (χ4n) is 4.27. The first-order valence-corrected chi connectivity index (χ1v) is 12.8. The largest absolute Gasteiger partial charge is 0.380 e. The Morgan fingerprint density at radius 1 is 1.26 bits per heavy atom. The van der Waals surface area contributed by atoms with Crippen molar-refractivity contribution in [3.63, 3.8) is 0 Å². The van der Waals surface area contributed by atoms with E-state index in [9.17, 15) is 13.2 Å². The molecular formula is C24H32N6O3S. The van der Waals surface area contributed by atoms with E-state index in [1.807, 2.05) is 11.9 Å². The number of nitrogens with one attached hydrogen (secondary N) is 3. The number of pyridine rings is 1. The predicted molar refractivity (Wildman–Crippen MR) is 137 cm³/mol. The third kappa shape index (κ3) is 5.44. The molecule has 0 unspecified atom stereocenters. The lowest BCUT2D eigenvalue weighted by Crippen LogP contribution is -2.46. The summed E-state index contributed by atoms with van der Waals surface area (Å²) in [5.41, 5.74) is 1.82. The molecule has 1 aromatic carbocycles. The Balaban J connectivity index is 1.44. The van der Waals surface area contributed by atoms with Gasteiger partial charge in [-0.15, -0.1) is 0 Å². The van der Waals surface area contributed by atoms with Gasteiger partial charge in [-0.25, -0.2) is 13.4 Å². The van der Waals surface area contributed by atoms with Crippen molar-refractivity contribution in [3.8, 4) is 0 Å². The van der Waals surface area contributed by atoms with Crippen LogP contribution in [0, 0.1) is 0 Å². The normalized spacial score (nSPS) is 18.4. The first-order chi connectivity index (χ1) is 18.5. The fourth-order valence-corrected chi connectivity index (χ4v) is 4.83. The van der Waals surface area contributed by atoms with Gasteiger partial charge >= 0.3 is 0 Å². The Morgan fingerprint density at radius 3 is 2.74 bits per heavy atom. The Hall–Kier alpha value is -3.27. The average Bonchev–Trinajstić information content (AvgIpc) is 3.28. The summed E-state index contributed by atoms with van der Waals surface area (Å²) in [6.45, 7) is -4.58. The monoisotopic (exact) mass is 490 g/mol. The molecule has 0 aliphatic carbocycles. The van der Waals surface area contributed by atoms with Crippen LogP contribution in [0.4, 0.5) is 17.2 Å². The molecule has 0 atom stereocenters. The molecule has 0 radical (unpaired) electrons. The molecule has 1 aliphatic rings. The number of nitrogens with zero attached hydrogens (tertiary/aromatic N) is 3. The Morgan fingerprint density at radius 2 is 2.03 bits per heavy atom. The second kappa shape index (κ2) is 9.54. The second-order valence-corrected chi connectivity index (χ2v) is 10.2. The van der Waals surface area contributed by atoms with Crippen LogP contribution < -0.4 is 14.9 Å². The third-order valence-electron chi connectivity index (χ3n) is 5.87. The summed E-state index contributed by atoms with van der Waals surface area (Å²) in [6, 6.07) is 8.12. The number of piperidine rings is 1. The van der Waals surface area contributed by atoms with Crippen LogP contribution in [0.25, 0.3) is 10.9 Å². The summed E-state index contributed by atoms with van der Waals surface area (Å²) >= 11 is 0. The van der Waals surface area contributed by atoms with Crippen LogP contribution in [0.2, 0.25) is 0 Å².